The van der Waals surface area contributed by atoms with Crippen molar-refractivity contribution < 1.29 is 4.79 Å². The van der Waals surface area contributed by atoms with Crippen molar-refractivity contribution in [3.63, 3.8) is 0 Å². The standard InChI is InChI=1S/C24H27N3O2/c1-17-25-22-10-6-5-9-21(22)24(29)27(17)20-14-12-19(13-15-20)26-23(28)16-11-18-7-3-2-4-8-18/h5-6,9-10,12-15,18H,2-4,7-8,11,16H2,1H3,(H,26,28). The summed E-state index contributed by atoms with van der Waals surface area (Å²) in [5.74, 6) is 1.40. The van der Waals surface area contributed by atoms with E-state index >= 15 is 0 Å². The highest BCUT2D eigenvalue weighted by atomic mass is 16.1. The summed E-state index contributed by atoms with van der Waals surface area (Å²) in [5, 5.41) is 3.57. The van der Waals surface area contributed by atoms with Crippen LogP contribution in [0.5, 0.6) is 0 Å². The van der Waals surface area contributed by atoms with Gasteiger partial charge in [0.05, 0.1) is 16.6 Å². The number of hydrogen-bond acceptors (Lipinski definition) is 3. The van der Waals surface area contributed by atoms with Gasteiger partial charge in [-0.15, -0.1) is 0 Å². The summed E-state index contributed by atoms with van der Waals surface area (Å²) >= 11 is 0. The number of anilines is 1. The molecule has 29 heavy (non-hydrogen) atoms. The first-order valence-electron chi connectivity index (χ1n) is 10.5. The van der Waals surface area contributed by atoms with Crippen molar-refractivity contribution in [1.29, 1.82) is 0 Å². The van der Waals surface area contributed by atoms with Crippen molar-refractivity contribution in [1.82, 2.24) is 9.55 Å². The van der Waals surface area contributed by atoms with Crippen LogP contribution >= 0.6 is 0 Å². The van der Waals surface area contributed by atoms with Crippen LogP contribution in [-0.2, 0) is 4.79 Å². The Kier molecular flexibility index (Phi) is 5.74. The SMILES string of the molecule is Cc1nc2ccccc2c(=O)n1-c1ccc(NC(=O)CCC2CCCCC2)cc1. The number of nitrogens with zero attached hydrogens (tertiary/aromatic N) is 2. The predicted octanol–water partition coefficient (Wildman–Crippen LogP) is 4.99. The van der Waals surface area contributed by atoms with Crippen molar-refractivity contribution in [2.45, 2.75) is 51.9 Å². The highest BCUT2D eigenvalue weighted by Gasteiger charge is 2.15. The summed E-state index contributed by atoms with van der Waals surface area (Å²) in [6.07, 6.45) is 8.00. The average Bonchev–Trinajstić information content (AvgIpc) is 2.74. The van der Waals surface area contributed by atoms with Crippen molar-refractivity contribution in [2.24, 2.45) is 5.92 Å². The number of rotatable bonds is 5. The van der Waals surface area contributed by atoms with Gasteiger partial charge in [0.25, 0.3) is 5.56 Å². The summed E-state index contributed by atoms with van der Waals surface area (Å²) < 4.78 is 1.61. The molecule has 1 amide bonds. The van der Waals surface area contributed by atoms with Crippen molar-refractivity contribution in [3.8, 4) is 5.69 Å². The highest BCUT2D eigenvalue weighted by molar-refractivity contribution is 5.90. The van der Waals surface area contributed by atoms with Crippen molar-refractivity contribution in [3.05, 3.63) is 64.7 Å². The Labute approximate surface area is 170 Å². The number of nitrogens with one attached hydrogen (secondary N) is 1. The van der Waals surface area contributed by atoms with Crippen LogP contribution < -0.4 is 10.9 Å². The Morgan fingerprint density at radius 2 is 1.79 bits per heavy atom. The van der Waals surface area contributed by atoms with Crippen LogP contribution in [0.1, 0.15) is 50.8 Å². The summed E-state index contributed by atoms with van der Waals surface area (Å²) in [6, 6.07) is 14.7. The third kappa shape index (κ3) is 4.39. The molecule has 2 aromatic carbocycles. The van der Waals surface area contributed by atoms with E-state index in [0.29, 0.717) is 29.1 Å². The van der Waals surface area contributed by atoms with Gasteiger partial charge in [-0.3, -0.25) is 14.2 Å². The number of carbonyl (C=O) groups excluding carboxylic acids is 1. The summed E-state index contributed by atoms with van der Waals surface area (Å²) in [6.45, 7) is 1.83. The topological polar surface area (TPSA) is 64.0 Å². The quantitative estimate of drug-likeness (QED) is 0.668. The van der Waals surface area contributed by atoms with Gasteiger partial charge in [0, 0.05) is 12.1 Å². The molecule has 1 heterocycles. The summed E-state index contributed by atoms with van der Waals surface area (Å²) in [7, 11) is 0. The van der Waals surface area contributed by atoms with Gasteiger partial charge in [-0.25, -0.2) is 4.98 Å². The van der Waals surface area contributed by atoms with Gasteiger partial charge in [0.15, 0.2) is 0 Å². The van der Waals surface area contributed by atoms with Crippen LogP contribution in [0.4, 0.5) is 5.69 Å². The molecule has 5 nitrogen and oxygen atoms in total. The minimum absolute atomic E-state index is 0.0593. The third-order valence-corrected chi connectivity index (χ3v) is 5.86. The summed E-state index contributed by atoms with van der Waals surface area (Å²) in [5.41, 5.74) is 2.11. The molecule has 0 atom stereocenters. The van der Waals surface area contributed by atoms with Gasteiger partial charge in [-0.1, -0.05) is 44.2 Å². The maximum absolute atomic E-state index is 12.9. The molecule has 1 aliphatic rings. The van der Waals surface area contributed by atoms with Gasteiger partial charge >= 0.3 is 0 Å². The molecule has 1 aliphatic carbocycles. The number of para-hydroxylation sites is 1. The molecule has 0 aliphatic heterocycles. The van der Waals surface area contributed by atoms with Gasteiger partial charge in [0.1, 0.15) is 5.82 Å². The molecule has 0 spiro atoms. The third-order valence-electron chi connectivity index (χ3n) is 5.86. The highest BCUT2D eigenvalue weighted by Crippen LogP contribution is 2.27. The molecule has 0 bridgehead atoms. The Bertz CT molecular complexity index is 1060. The minimum Gasteiger partial charge on any atom is -0.326 e. The van der Waals surface area contributed by atoms with Crippen molar-refractivity contribution >= 4 is 22.5 Å². The second-order valence-electron chi connectivity index (χ2n) is 7.95. The van der Waals surface area contributed by atoms with Crippen LogP contribution in [0.3, 0.4) is 0 Å². The molecule has 0 unspecified atom stereocenters. The molecular formula is C24H27N3O2. The molecule has 1 aromatic heterocycles. The fraction of sp³-hybridized carbons (Fsp3) is 0.375. The zero-order chi connectivity index (χ0) is 20.2. The van der Waals surface area contributed by atoms with Crippen LogP contribution in [-0.4, -0.2) is 15.5 Å². The van der Waals surface area contributed by atoms with Crippen LogP contribution in [0, 0.1) is 12.8 Å². The fourth-order valence-corrected chi connectivity index (χ4v) is 4.28. The lowest BCUT2D eigenvalue weighted by Gasteiger charge is -2.21. The lowest BCUT2D eigenvalue weighted by Crippen LogP contribution is -2.22. The van der Waals surface area contributed by atoms with E-state index in [2.05, 4.69) is 10.3 Å². The first-order valence-corrected chi connectivity index (χ1v) is 10.5. The number of fused-ring (bicyclic) bond motifs is 1. The monoisotopic (exact) mass is 389 g/mol. The number of aromatic nitrogens is 2. The zero-order valence-corrected chi connectivity index (χ0v) is 16.9. The molecule has 150 valence electrons. The van der Waals surface area contributed by atoms with Crippen LogP contribution in [0.2, 0.25) is 0 Å². The number of carbonyl (C=O) groups is 1. The van der Waals surface area contributed by atoms with Crippen LogP contribution in [0.25, 0.3) is 16.6 Å². The average molecular weight is 389 g/mol. The zero-order valence-electron chi connectivity index (χ0n) is 16.9. The molecule has 5 heteroatoms. The molecule has 0 saturated heterocycles. The lowest BCUT2D eigenvalue weighted by molar-refractivity contribution is -0.116. The second kappa shape index (κ2) is 8.60. The van der Waals surface area contributed by atoms with E-state index in [9.17, 15) is 9.59 Å². The first-order chi connectivity index (χ1) is 14.1. The van der Waals surface area contributed by atoms with E-state index in [0.717, 1.165) is 17.8 Å². The second-order valence-corrected chi connectivity index (χ2v) is 7.95. The lowest BCUT2D eigenvalue weighted by atomic mass is 9.86. The smallest absolute Gasteiger partial charge is 0.265 e. The molecule has 1 fully saturated rings. The van der Waals surface area contributed by atoms with Gasteiger partial charge in [-0.05, 0) is 55.7 Å². The number of aryl methyl sites for hydroxylation is 1. The van der Waals surface area contributed by atoms with Crippen LogP contribution in [0.15, 0.2) is 53.3 Å². The van der Waals surface area contributed by atoms with E-state index in [1.54, 1.807) is 10.6 Å². The first kappa shape index (κ1) is 19.4. The molecular weight excluding hydrogens is 362 g/mol. The van der Waals surface area contributed by atoms with Crippen molar-refractivity contribution in [2.75, 3.05) is 5.32 Å². The Morgan fingerprint density at radius 1 is 1.07 bits per heavy atom. The van der Waals surface area contributed by atoms with Gasteiger partial charge < -0.3 is 5.32 Å². The number of amides is 1. The Morgan fingerprint density at radius 3 is 2.55 bits per heavy atom. The molecule has 0 radical (unpaired) electrons. The maximum Gasteiger partial charge on any atom is 0.265 e. The molecule has 1 N–H and O–H groups in total. The fourth-order valence-electron chi connectivity index (χ4n) is 4.28. The maximum atomic E-state index is 12.9. The number of benzene rings is 2. The van der Waals surface area contributed by atoms with E-state index in [1.165, 1.54) is 32.1 Å². The summed E-state index contributed by atoms with van der Waals surface area (Å²) in [4.78, 5) is 29.7. The molecule has 4 rings (SSSR count). The number of hydrogen-bond donors (Lipinski definition) is 1. The van der Waals surface area contributed by atoms with E-state index in [-0.39, 0.29) is 11.5 Å². The molecule has 1 saturated carbocycles. The van der Waals surface area contributed by atoms with E-state index in [1.807, 2.05) is 49.4 Å². The Hall–Kier alpha value is -2.95. The normalized spacial score (nSPS) is 14.8. The van der Waals surface area contributed by atoms with Gasteiger partial charge in [-0.2, -0.15) is 0 Å². The molecule has 3 aromatic rings. The van der Waals surface area contributed by atoms with E-state index < -0.39 is 0 Å². The Balaban J connectivity index is 1.46. The van der Waals surface area contributed by atoms with E-state index in [4.69, 9.17) is 0 Å². The minimum atomic E-state index is -0.0858. The van der Waals surface area contributed by atoms with Gasteiger partial charge in [0.2, 0.25) is 5.91 Å². The largest absolute Gasteiger partial charge is 0.326 e. The predicted molar refractivity (Wildman–Crippen MR) is 117 cm³/mol.